The summed E-state index contributed by atoms with van der Waals surface area (Å²) in [6.45, 7) is 2.04. The average molecular weight is 319 g/mol. The Morgan fingerprint density at radius 1 is 1.43 bits per heavy atom. The molecule has 1 aliphatic carbocycles. The number of carbonyl (C=O) groups excluding carboxylic acids is 2. The van der Waals surface area contributed by atoms with Crippen LogP contribution in [0.1, 0.15) is 35.8 Å². The SMILES string of the molecule is CNC(=O)[C@]12CCOC[C@H]1CN(C(=O)c1cn(C3CC3)nn1)C2. The van der Waals surface area contributed by atoms with Crippen LogP contribution < -0.4 is 5.32 Å². The number of hydrogen-bond acceptors (Lipinski definition) is 5. The topological polar surface area (TPSA) is 89.4 Å². The third kappa shape index (κ3) is 2.32. The highest BCUT2D eigenvalue weighted by Crippen LogP contribution is 2.42. The summed E-state index contributed by atoms with van der Waals surface area (Å²) in [5.74, 6) is -0.101. The van der Waals surface area contributed by atoms with Gasteiger partial charge in [0.05, 0.1) is 24.3 Å². The molecule has 3 heterocycles. The van der Waals surface area contributed by atoms with Gasteiger partial charge in [0, 0.05) is 32.7 Å². The number of nitrogens with zero attached hydrogens (tertiary/aromatic N) is 4. The van der Waals surface area contributed by atoms with E-state index in [1.807, 2.05) is 0 Å². The van der Waals surface area contributed by atoms with Crippen LogP contribution in [0.25, 0.3) is 0 Å². The molecule has 2 amide bonds. The van der Waals surface area contributed by atoms with Gasteiger partial charge >= 0.3 is 0 Å². The molecule has 8 heteroatoms. The maximum atomic E-state index is 12.7. The lowest BCUT2D eigenvalue weighted by molar-refractivity contribution is -0.138. The van der Waals surface area contributed by atoms with Crippen molar-refractivity contribution in [2.45, 2.75) is 25.3 Å². The summed E-state index contributed by atoms with van der Waals surface area (Å²) >= 11 is 0. The molecule has 0 spiro atoms. The minimum Gasteiger partial charge on any atom is -0.381 e. The first-order valence-corrected chi connectivity index (χ1v) is 8.15. The van der Waals surface area contributed by atoms with Crippen molar-refractivity contribution >= 4 is 11.8 Å². The second kappa shape index (κ2) is 5.30. The Hall–Kier alpha value is -1.96. The van der Waals surface area contributed by atoms with Crippen molar-refractivity contribution in [3.8, 4) is 0 Å². The van der Waals surface area contributed by atoms with Crippen molar-refractivity contribution in [3.05, 3.63) is 11.9 Å². The van der Waals surface area contributed by atoms with Gasteiger partial charge in [-0.25, -0.2) is 4.68 Å². The van der Waals surface area contributed by atoms with Gasteiger partial charge in [-0.05, 0) is 19.3 Å². The van der Waals surface area contributed by atoms with Gasteiger partial charge in [-0.3, -0.25) is 9.59 Å². The van der Waals surface area contributed by atoms with Gasteiger partial charge in [0.1, 0.15) is 0 Å². The van der Waals surface area contributed by atoms with Crippen LogP contribution in [-0.2, 0) is 9.53 Å². The second-order valence-electron chi connectivity index (χ2n) is 6.76. The molecule has 0 bridgehead atoms. The van der Waals surface area contributed by atoms with E-state index in [0.29, 0.717) is 44.5 Å². The number of carbonyl (C=O) groups is 2. The molecule has 2 saturated heterocycles. The highest BCUT2D eigenvalue weighted by Gasteiger charge is 2.54. The van der Waals surface area contributed by atoms with Crippen LogP contribution in [0, 0.1) is 11.3 Å². The first-order chi connectivity index (χ1) is 11.1. The van der Waals surface area contributed by atoms with E-state index in [1.165, 1.54) is 0 Å². The number of hydrogen-bond donors (Lipinski definition) is 1. The van der Waals surface area contributed by atoms with E-state index in [0.717, 1.165) is 12.8 Å². The molecule has 1 aromatic heterocycles. The minimum atomic E-state index is -0.533. The number of ether oxygens (including phenoxy) is 1. The van der Waals surface area contributed by atoms with Crippen LogP contribution >= 0.6 is 0 Å². The smallest absolute Gasteiger partial charge is 0.276 e. The molecule has 0 aromatic carbocycles. The minimum absolute atomic E-state index is 0.00253. The Balaban J connectivity index is 1.55. The van der Waals surface area contributed by atoms with Crippen LogP contribution in [0.5, 0.6) is 0 Å². The lowest BCUT2D eigenvalue weighted by Gasteiger charge is -2.36. The van der Waals surface area contributed by atoms with Crippen molar-refractivity contribution in [3.63, 3.8) is 0 Å². The molecular weight excluding hydrogens is 298 g/mol. The third-order valence-electron chi connectivity index (χ3n) is 5.32. The molecule has 3 fully saturated rings. The fourth-order valence-electron chi connectivity index (χ4n) is 3.78. The van der Waals surface area contributed by atoms with Gasteiger partial charge in [0.25, 0.3) is 5.91 Å². The number of amides is 2. The lowest BCUT2D eigenvalue weighted by Crippen LogP contribution is -2.49. The molecule has 0 radical (unpaired) electrons. The Labute approximate surface area is 134 Å². The molecule has 3 aliphatic rings. The van der Waals surface area contributed by atoms with E-state index in [2.05, 4.69) is 15.6 Å². The summed E-state index contributed by atoms with van der Waals surface area (Å²) in [6.07, 6.45) is 4.57. The van der Waals surface area contributed by atoms with Gasteiger partial charge in [0.15, 0.2) is 5.69 Å². The van der Waals surface area contributed by atoms with Crippen molar-refractivity contribution in [1.29, 1.82) is 0 Å². The van der Waals surface area contributed by atoms with Crippen molar-refractivity contribution < 1.29 is 14.3 Å². The van der Waals surface area contributed by atoms with Gasteiger partial charge < -0.3 is 15.0 Å². The second-order valence-corrected chi connectivity index (χ2v) is 6.76. The van der Waals surface area contributed by atoms with Crippen LogP contribution in [0.2, 0.25) is 0 Å². The fraction of sp³-hybridized carbons (Fsp3) is 0.733. The summed E-state index contributed by atoms with van der Waals surface area (Å²) in [4.78, 5) is 26.9. The number of fused-ring (bicyclic) bond motifs is 1. The maximum Gasteiger partial charge on any atom is 0.276 e. The van der Waals surface area contributed by atoms with E-state index in [1.54, 1.807) is 22.8 Å². The standard InChI is InChI=1S/C15H21N5O3/c1-16-14(22)15-4-5-23-8-10(15)6-19(9-15)13(21)12-7-20(18-17-12)11-2-3-11/h7,10-11H,2-6,8-9H2,1H3,(H,16,22)/t10-,15+/m1/s1. The highest BCUT2D eigenvalue weighted by molar-refractivity contribution is 5.93. The van der Waals surface area contributed by atoms with E-state index >= 15 is 0 Å². The van der Waals surface area contributed by atoms with Crippen LogP contribution in [-0.4, -0.2) is 65.1 Å². The molecule has 8 nitrogen and oxygen atoms in total. The van der Waals surface area contributed by atoms with Gasteiger partial charge in [0.2, 0.25) is 5.91 Å². The van der Waals surface area contributed by atoms with Gasteiger partial charge in [-0.2, -0.15) is 0 Å². The normalized spacial score (nSPS) is 30.1. The summed E-state index contributed by atoms with van der Waals surface area (Å²) in [6, 6.07) is 0.399. The monoisotopic (exact) mass is 319 g/mol. The first kappa shape index (κ1) is 14.6. The highest BCUT2D eigenvalue weighted by atomic mass is 16.5. The van der Waals surface area contributed by atoms with Crippen LogP contribution in [0.3, 0.4) is 0 Å². The number of likely N-dealkylation sites (tertiary alicyclic amines) is 1. The van der Waals surface area contributed by atoms with Crippen LogP contribution in [0.15, 0.2) is 6.20 Å². The van der Waals surface area contributed by atoms with Gasteiger partial charge in [-0.15, -0.1) is 5.10 Å². The van der Waals surface area contributed by atoms with Crippen molar-refractivity contribution in [1.82, 2.24) is 25.2 Å². The van der Waals surface area contributed by atoms with E-state index in [4.69, 9.17) is 4.74 Å². The zero-order chi connectivity index (χ0) is 16.0. The van der Waals surface area contributed by atoms with E-state index in [-0.39, 0.29) is 17.7 Å². The van der Waals surface area contributed by atoms with E-state index in [9.17, 15) is 9.59 Å². The largest absolute Gasteiger partial charge is 0.381 e. The van der Waals surface area contributed by atoms with E-state index < -0.39 is 5.41 Å². The van der Waals surface area contributed by atoms with Crippen molar-refractivity contribution in [2.75, 3.05) is 33.4 Å². The predicted octanol–water partition coefficient (Wildman–Crippen LogP) is -0.162. The molecule has 1 aromatic rings. The maximum absolute atomic E-state index is 12.7. The molecule has 4 rings (SSSR count). The van der Waals surface area contributed by atoms with Gasteiger partial charge in [-0.1, -0.05) is 5.21 Å². The van der Waals surface area contributed by atoms with Crippen LogP contribution in [0.4, 0.5) is 0 Å². The Kier molecular flexibility index (Phi) is 3.37. The first-order valence-electron chi connectivity index (χ1n) is 8.15. The molecule has 1 saturated carbocycles. The average Bonchev–Trinajstić information content (AvgIpc) is 3.17. The lowest BCUT2D eigenvalue weighted by atomic mass is 9.73. The molecule has 2 aliphatic heterocycles. The Morgan fingerprint density at radius 3 is 3.00 bits per heavy atom. The summed E-state index contributed by atoms with van der Waals surface area (Å²) in [5, 5.41) is 10.8. The predicted molar refractivity (Wildman–Crippen MR) is 79.6 cm³/mol. The summed E-state index contributed by atoms with van der Waals surface area (Å²) < 4.78 is 7.30. The molecule has 0 unspecified atom stereocenters. The number of aromatic nitrogens is 3. The summed E-state index contributed by atoms with van der Waals surface area (Å²) in [5.41, 5.74) is -0.168. The number of rotatable bonds is 3. The molecule has 1 N–H and O–H groups in total. The molecule has 124 valence electrons. The number of nitrogens with one attached hydrogen (secondary N) is 1. The zero-order valence-electron chi connectivity index (χ0n) is 13.2. The molecule has 23 heavy (non-hydrogen) atoms. The Bertz CT molecular complexity index is 641. The van der Waals surface area contributed by atoms with Crippen molar-refractivity contribution in [2.24, 2.45) is 11.3 Å². The Morgan fingerprint density at radius 2 is 2.26 bits per heavy atom. The quantitative estimate of drug-likeness (QED) is 0.836. The third-order valence-corrected chi connectivity index (χ3v) is 5.32. The zero-order valence-corrected chi connectivity index (χ0v) is 13.2. The fourth-order valence-corrected chi connectivity index (χ4v) is 3.78. The molecular formula is C15H21N5O3. The molecule has 2 atom stereocenters. The summed E-state index contributed by atoms with van der Waals surface area (Å²) in [7, 11) is 1.65.